The minimum absolute atomic E-state index is 0.00768. The number of rotatable bonds is 15. The van der Waals surface area contributed by atoms with Crippen molar-refractivity contribution < 1.29 is 29.3 Å². The normalized spacial score (nSPS) is 14.6. The molecule has 0 saturated carbocycles. The fraction of sp³-hybridized carbons (Fsp3) is 0.417. The van der Waals surface area contributed by atoms with Gasteiger partial charge in [-0.25, -0.2) is 9.78 Å². The first kappa shape index (κ1) is 35.1. The van der Waals surface area contributed by atoms with E-state index in [0.29, 0.717) is 44.3 Å². The number of benzene rings is 2. The fourth-order valence-electron chi connectivity index (χ4n) is 5.90. The van der Waals surface area contributed by atoms with Crippen LogP contribution in [0.1, 0.15) is 16.7 Å². The fourth-order valence-corrected chi connectivity index (χ4v) is 6.65. The summed E-state index contributed by atoms with van der Waals surface area (Å²) in [6.07, 6.45) is 3.10. The first-order chi connectivity index (χ1) is 23.1. The second-order valence-corrected chi connectivity index (χ2v) is 19.1. The Labute approximate surface area is 283 Å². The van der Waals surface area contributed by atoms with Crippen molar-refractivity contribution in [3.63, 3.8) is 0 Å². The SMILES string of the molecule is C[Si](C)(C)CCOCn1cc(CCO)c2c(Oc3ccc(C[C@H](NC(=O)O)C(=O)N4CCN(Cc5ccccc5)CC4)cc3)ccnc21. The van der Waals surface area contributed by atoms with E-state index in [0.717, 1.165) is 47.8 Å². The van der Waals surface area contributed by atoms with E-state index in [1.165, 1.54) is 5.56 Å². The van der Waals surface area contributed by atoms with Gasteiger partial charge in [0.05, 0.1) is 5.39 Å². The van der Waals surface area contributed by atoms with Crippen molar-refractivity contribution in [2.75, 3.05) is 39.4 Å². The Morgan fingerprint density at radius 2 is 1.71 bits per heavy atom. The first-order valence-electron chi connectivity index (χ1n) is 16.6. The number of aromatic nitrogens is 2. The molecule has 3 N–H and O–H groups in total. The smallest absolute Gasteiger partial charge is 0.405 e. The predicted octanol–water partition coefficient (Wildman–Crippen LogP) is 5.20. The minimum Gasteiger partial charge on any atom is -0.465 e. The number of aliphatic hydroxyl groups excluding tert-OH is 1. The molecule has 2 amide bonds. The van der Waals surface area contributed by atoms with Crippen LogP contribution in [0.3, 0.4) is 0 Å². The molecule has 1 aliphatic rings. The summed E-state index contributed by atoms with van der Waals surface area (Å²) >= 11 is 0. The maximum absolute atomic E-state index is 13.5. The largest absolute Gasteiger partial charge is 0.465 e. The van der Waals surface area contributed by atoms with Crippen LogP contribution in [-0.2, 0) is 35.6 Å². The lowest BCUT2D eigenvalue weighted by Gasteiger charge is -2.36. The van der Waals surface area contributed by atoms with Crippen molar-refractivity contribution >= 4 is 31.1 Å². The number of hydrogen-bond acceptors (Lipinski definition) is 7. The average Bonchev–Trinajstić information content (AvgIpc) is 3.41. The summed E-state index contributed by atoms with van der Waals surface area (Å²) in [4.78, 5) is 33.8. The van der Waals surface area contributed by atoms with Crippen molar-refractivity contribution in [3.8, 4) is 11.5 Å². The molecule has 48 heavy (non-hydrogen) atoms. The number of carboxylic acid groups (broad SMARTS) is 1. The number of piperazine rings is 1. The van der Waals surface area contributed by atoms with E-state index in [1.807, 2.05) is 53.2 Å². The van der Waals surface area contributed by atoms with E-state index in [2.05, 4.69) is 47.0 Å². The molecule has 1 aliphatic heterocycles. The van der Waals surface area contributed by atoms with Gasteiger partial charge in [0, 0.05) is 72.8 Å². The Morgan fingerprint density at radius 3 is 2.38 bits per heavy atom. The summed E-state index contributed by atoms with van der Waals surface area (Å²) in [6, 6.07) is 19.5. The van der Waals surface area contributed by atoms with E-state index in [-0.39, 0.29) is 18.9 Å². The predicted molar refractivity (Wildman–Crippen MR) is 188 cm³/mol. The molecule has 2 aromatic heterocycles. The molecule has 1 fully saturated rings. The van der Waals surface area contributed by atoms with Crippen molar-refractivity contribution in [1.29, 1.82) is 0 Å². The van der Waals surface area contributed by atoms with Crippen LogP contribution in [0.25, 0.3) is 11.0 Å². The molecule has 3 heterocycles. The molecule has 1 saturated heterocycles. The van der Waals surface area contributed by atoms with Gasteiger partial charge in [-0.3, -0.25) is 9.69 Å². The topological polar surface area (TPSA) is 129 Å². The number of hydrogen-bond donors (Lipinski definition) is 3. The maximum atomic E-state index is 13.5. The number of amides is 2. The molecule has 0 aliphatic carbocycles. The Kier molecular flexibility index (Phi) is 11.9. The van der Waals surface area contributed by atoms with Crippen LogP contribution >= 0.6 is 0 Å². The maximum Gasteiger partial charge on any atom is 0.405 e. The molecule has 5 rings (SSSR count). The van der Waals surface area contributed by atoms with Crippen molar-refractivity contribution in [2.24, 2.45) is 0 Å². The minimum atomic E-state index is -1.23. The lowest BCUT2D eigenvalue weighted by atomic mass is 10.0. The van der Waals surface area contributed by atoms with Crippen LogP contribution in [-0.4, -0.2) is 95.1 Å². The number of ether oxygens (including phenoxy) is 2. The molecule has 11 nitrogen and oxygen atoms in total. The number of fused-ring (bicyclic) bond motifs is 1. The second kappa shape index (κ2) is 16.2. The first-order valence-corrected chi connectivity index (χ1v) is 20.3. The van der Waals surface area contributed by atoms with Crippen molar-refractivity contribution in [3.05, 3.63) is 89.7 Å². The third-order valence-electron chi connectivity index (χ3n) is 8.53. The van der Waals surface area contributed by atoms with Gasteiger partial charge in [0.2, 0.25) is 5.91 Å². The standard InChI is InChI=1S/C36H47N5O6Si/c1-48(2,3)22-21-46-26-41-25-29(14-20-42)33-32(13-15-37-34(33)41)47-30-11-9-27(10-12-30)23-31(38-36(44)45)35(43)40-18-16-39(17-19-40)24-28-7-5-4-6-8-28/h4-13,15,25,31,38,42H,14,16-24,26H2,1-3H3,(H,44,45)/t31-/m0/s1. The van der Waals surface area contributed by atoms with Crippen molar-refractivity contribution in [1.82, 2.24) is 24.7 Å². The summed E-state index contributed by atoms with van der Waals surface area (Å²) in [5.41, 5.74) is 3.68. The third kappa shape index (κ3) is 9.66. The van der Waals surface area contributed by atoms with Crippen LogP contribution in [0.5, 0.6) is 11.5 Å². The Bertz CT molecular complexity index is 1650. The van der Waals surface area contributed by atoms with Gasteiger partial charge < -0.3 is 34.5 Å². The van der Waals surface area contributed by atoms with Crippen LogP contribution < -0.4 is 10.1 Å². The van der Waals surface area contributed by atoms with Crippen molar-refractivity contribution in [2.45, 2.75) is 57.8 Å². The molecule has 0 radical (unpaired) electrons. The zero-order valence-electron chi connectivity index (χ0n) is 28.1. The molecule has 256 valence electrons. The summed E-state index contributed by atoms with van der Waals surface area (Å²) < 4.78 is 14.3. The van der Waals surface area contributed by atoms with Crippen LogP contribution in [0.4, 0.5) is 4.79 Å². The summed E-state index contributed by atoms with van der Waals surface area (Å²) in [6.45, 7) is 11.4. The van der Waals surface area contributed by atoms with Gasteiger partial charge in [0.15, 0.2) is 0 Å². The summed E-state index contributed by atoms with van der Waals surface area (Å²) in [5, 5.41) is 22.5. The summed E-state index contributed by atoms with van der Waals surface area (Å²) in [7, 11) is -1.21. The number of nitrogens with zero attached hydrogens (tertiary/aromatic N) is 4. The highest BCUT2D eigenvalue weighted by Gasteiger charge is 2.29. The number of nitrogens with one attached hydrogen (secondary N) is 1. The molecular formula is C36H47N5O6Si. The third-order valence-corrected chi connectivity index (χ3v) is 10.2. The monoisotopic (exact) mass is 673 g/mol. The molecule has 1 atom stereocenters. The molecular weight excluding hydrogens is 627 g/mol. The van der Waals surface area contributed by atoms with E-state index < -0.39 is 20.2 Å². The number of carbonyl (C=O) groups is 2. The highest BCUT2D eigenvalue weighted by Crippen LogP contribution is 2.33. The van der Waals surface area contributed by atoms with Gasteiger partial charge in [-0.15, -0.1) is 0 Å². The lowest BCUT2D eigenvalue weighted by Crippen LogP contribution is -2.55. The second-order valence-electron chi connectivity index (χ2n) is 13.5. The Hall–Kier alpha value is -4.23. The number of carbonyl (C=O) groups excluding carboxylic acids is 1. The van der Waals surface area contributed by atoms with Gasteiger partial charge in [-0.1, -0.05) is 62.1 Å². The lowest BCUT2D eigenvalue weighted by molar-refractivity contribution is -0.135. The van der Waals surface area contributed by atoms with E-state index in [1.54, 1.807) is 17.2 Å². The van der Waals surface area contributed by atoms with Gasteiger partial charge in [0.25, 0.3) is 0 Å². The van der Waals surface area contributed by atoms with Crippen LogP contribution in [0.15, 0.2) is 73.1 Å². The highest BCUT2D eigenvalue weighted by atomic mass is 28.3. The van der Waals surface area contributed by atoms with Crippen LogP contribution in [0, 0.1) is 0 Å². The Morgan fingerprint density at radius 1 is 0.979 bits per heavy atom. The van der Waals surface area contributed by atoms with Gasteiger partial charge in [-0.2, -0.15) is 0 Å². The number of aliphatic hydroxyl groups is 1. The quantitative estimate of drug-likeness (QED) is 0.116. The number of pyridine rings is 1. The van der Waals surface area contributed by atoms with Gasteiger partial charge in [-0.05, 0) is 47.4 Å². The van der Waals surface area contributed by atoms with E-state index in [4.69, 9.17) is 9.47 Å². The molecule has 0 unspecified atom stereocenters. The molecule has 2 aromatic carbocycles. The van der Waals surface area contributed by atoms with Gasteiger partial charge >= 0.3 is 6.09 Å². The molecule has 0 spiro atoms. The van der Waals surface area contributed by atoms with E-state index in [9.17, 15) is 19.8 Å². The van der Waals surface area contributed by atoms with Gasteiger partial charge in [0.1, 0.15) is 29.9 Å². The zero-order chi connectivity index (χ0) is 34.1. The van der Waals surface area contributed by atoms with Crippen LogP contribution in [0.2, 0.25) is 25.7 Å². The summed E-state index contributed by atoms with van der Waals surface area (Å²) in [5.74, 6) is 0.981. The molecule has 0 bridgehead atoms. The highest BCUT2D eigenvalue weighted by molar-refractivity contribution is 6.76. The zero-order valence-corrected chi connectivity index (χ0v) is 29.1. The Balaban J connectivity index is 1.23. The molecule has 12 heteroatoms. The molecule has 4 aromatic rings. The van der Waals surface area contributed by atoms with E-state index >= 15 is 0 Å². The average molecular weight is 674 g/mol.